The van der Waals surface area contributed by atoms with Gasteiger partial charge in [-0.15, -0.1) is 0 Å². The summed E-state index contributed by atoms with van der Waals surface area (Å²) in [4.78, 5) is 0. The minimum atomic E-state index is -4.26. The summed E-state index contributed by atoms with van der Waals surface area (Å²) < 4.78 is 36.3. The third-order valence-electron chi connectivity index (χ3n) is 1.71. The minimum absolute atomic E-state index is 0.627. The lowest BCUT2D eigenvalue weighted by atomic mass is 10.1. The first kappa shape index (κ1) is 13.8. The van der Waals surface area contributed by atoms with E-state index in [0.717, 1.165) is 23.3 Å². The third kappa shape index (κ3) is 4.19. The molecule has 0 heterocycles. The third-order valence-corrected chi connectivity index (χ3v) is 1.71. The molecule has 0 fully saturated rings. The van der Waals surface area contributed by atoms with Crippen LogP contribution in [0, 0.1) is 0 Å². The summed E-state index contributed by atoms with van der Waals surface area (Å²) in [6, 6.07) is 4.96. The van der Waals surface area contributed by atoms with E-state index < -0.39 is 11.7 Å². The van der Waals surface area contributed by atoms with Crippen molar-refractivity contribution < 1.29 is 13.2 Å². The van der Waals surface area contributed by atoms with Gasteiger partial charge in [0.25, 0.3) is 0 Å². The highest BCUT2D eigenvalue weighted by Crippen LogP contribution is 2.29. The first-order chi connectivity index (χ1) is 6.91. The predicted octanol–water partition coefficient (Wildman–Crippen LogP) is 4.76. The Bertz CT molecular complexity index is 307. The van der Waals surface area contributed by atoms with Gasteiger partial charge >= 0.3 is 6.18 Å². The van der Waals surface area contributed by atoms with Crippen LogP contribution in [0.3, 0.4) is 0 Å². The van der Waals surface area contributed by atoms with Crippen LogP contribution in [-0.4, -0.2) is 0 Å². The van der Waals surface area contributed by atoms with Gasteiger partial charge in [0.05, 0.1) is 5.56 Å². The van der Waals surface area contributed by atoms with E-state index in [0.29, 0.717) is 0 Å². The van der Waals surface area contributed by atoms with Crippen molar-refractivity contribution in [1.29, 1.82) is 0 Å². The first-order valence-corrected chi connectivity index (χ1v) is 4.74. The molecular weight excluding hydrogens is 201 g/mol. The normalized spacial score (nSPS) is 10.3. The van der Waals surface area contributed by atoms with Crippen LogP contribution in [0.15, 0.2) is 30.8 Å². The van der Waals surface area contributed by atoms with E-state index in [2.05, 4.69) is 6.58 Å². The molecule has 0 aliphatic heterocycles. The second kappa shape index (κ2) is 5.59. The maximum atomic E-state index is 12.1. The Morgan fingerprint density at radius 1 is 1.07 bits per heavy atom. The smallest absolute Gasteiger partial charge is 0.166 e. The van der Waals surface area contributed by atoms with E-state index in [4.69, 9.17) is 0 Å². The number of alkyl halides is 3. The Kier molecular flexibility index (Phi) is 5.12. The van der Waals surface area contributed by atoms with Crippen LogP contribution in [0.2, 0.25) is 0 Å². The van der Waals surface area contributed by atoms with Crippen LogP contribution in [0.4, 0.5) is 13.2 Å². The molecule has 0 aliphatic rings. The fourth-order valence-corrected chi connectivity index (χ4v) is 0.944. The van der Waals surface area contributed by atoms with Crippen molar-refractivity contribution in [3.8, 4) is 0 Å². The minimum Gasteiger partial charge on any atom is -0.166 e. The molecule has 0 amide bonds. The maximum absolute atomic E-state index is 12.1. The molecule has 84 valence electrons. The Morgan fingerprint density at radius 3 is 1.73 bits per heavy atom. The maximum Gasteiger partial charge on any atom is 0.416 e. The fraction of sp³-hybridized carbons (Fsp3) is 0.333. The van der Waals surface area contributed by atoms with Gasteiger partial charge in [-0.2, -0.15) is 13.2 Å². The van der Waals surface area contributed by atoms with Crippen molar-refractivity contribution in [2.75, 3.05) is 0 Å². The van der Waals surface area contributed by atoms with E-state index >= 15 is 0 Å². The van der Waals surface area contributed by atoms with Gasteiger partial charge in [-0.25, -0.2) is 0 Å². The average Bonchev–Trinajstić information content (AvgIpc) is 2.20. The molecule has 0 atom stereocenters. The van der Waals surface area contributed by atoms with E-state index in [-0.39, 0.29) is 0 Å². The predicted molar refractivity (Wildman–Crippen MR) is 57.5 cm³/mol. The second-order valence-electron chi connectivity index (χ2n) is 2.86. The van der Waals surface area contributed by atoms with Crippen molar-refractivity contribution in [2.24, 2.45) is 0 Å². The molecule has 0 aliphatic carbocycles. The Morgan fingerprint density at radius 2 is 1.47 bits per heavy atom. The van der Waals surface area contributed by atoms with Crippen LogP contribution in [0.1, 0.15) is 31.9 Å². The van der Waals surface area contributed by atoms with Crippen molar-refractivity contribution in [3.63, 3.8) is 0 Å². The SMILES string of the molecule is C=C(C)c1ccc(C(F)(F)F)cc1.CC. The molecule has 3 heteroatoms. The number of halogens is 3. The van der Waals surface area contributed by atoms with E-state index in [1.807, 2.05) is 13.8 Å². The molecule has 0 saturated heterocycles. The molecular formula is C12H15F3. The standard InChI is InChI=1S/C10H9F3.C2H6/c1-7(2)8-3-5-9(6-4-8)10(11,12)13;1-2/h3-6H,1H2,2H3;1-2H3. The number of hydrogen-bond donors (Lipinski definition) is 0. The Balaban J connectivity index is 0.000000921. The van der Waals surface area contributed by atoms with E-state index in [1.165, 1.54) is 12.1 Å². The number of rotatable bonds is 1. The molecule has 0 unspecified atom stereocenters. The summed E-state index contributed by atoms with van der Waals surface area (Å²) in [5, 5.41) is 0. The summed E-state index contributed by atoms with van der Waals surface area (Å²) in [6.07, 6.45) is -4.26. The largest absolute Gasteiger partial charge is 0.416 e. The number of hydrogen-bond acceptors (Lipinski definition) is 0. The van der Waals surface area contributed by atoms with Crippen LogP contribution < -0.4 is 0 Å². The molecule has 15 heavy (non-hydrogen) atoms. The lowest BCUT2D eigenvalue weighted by Gasteiger charge is -2.06. The zero-order chi connectivity index (χ0) is 12.1. The van der Waals surface area contributed by atoms with Crippen molar-refractivity contribution in [2.45, 2.75) is 26.9 Å². The molecule has 0 spiro atoms. The average molecular weight is 216 g/mol. The lowest BCUT2D eigenvalue weighted by molar-refractivity contribution is -0.137. The van der Waals surface area contributed by atoms with Gasteiger partial charge in [0.15, 0.2) is 0 Å². The van der Waals surface area contributed by atoms with E-state index in [9.17, 15) is 13.2 Å². The van der Waals surface area contributed by atoms with E-state index in [1.54, 1.807) is 6.92 Å². The Labute approximate surface area is 88.4 Å². The number of benzene rings is 1. The number of allylic oxidation sites excluding steroid dienone is 1. The molecule has 1 aromatic carbocycles. The van der Waals surface area contributed by atoms with Gasteiger partial charge < -0.3 is 0 Å². The lowest BCUT2D eigenvalue weighted by Crippen LogP contribution is -2.04. The van der Waals surface area contributed by atoms with Gasteiger partial charge in [-0.3, -0.25) is 0 Å². The molecule has 0 radical (unpaired) electrons. The van der Waals surface area contributed by atoms with Crippen molar-refractivity contribution >= 4 is 5.57 Å². The van der Waals surface area contributed by atoms with Gasteiger partial charge in [-0.1, -0.05) is 38.1 Å². The van der Waals surface area contributed by atoms with Crippen LogP contribution in [0.5, 0.6) is 0 Å². The monoisotopic (exact) mass is 216 g/mol. The highest BCUT2D eigenvalue weighted by molar-refractivity contribution is 5.61. The molecule has 0 nitrogen and oxygen atoms in total. The highest BCUT2D eigenvalue weighted by atomic mass is 19.4. The van der Waals surface area contributed by atoms with Gasteiger partial charge in [0.2, 0.25) is 0 Å². The molecule has 0 aromatic heterocycles. The van der Waals surface area contributed by atoms with Crippen LogP contribution in [0.25, 0.3) is 5.57 Å². The van der Waals surface area contributed by atoms with Crippen molar-refractivity contribution in [1.82, 2.24) is 0 Å². The molecule has 0 N–H and O–H groups in total. The Hall–Kier alpha value is -1.25. The fourth-order valence-electron chi connectivity index (χ4n) is 0.944. The quantitative estimate of drug-likeness (QED) is 0.634. The molecule has 1 rings (SSSR count). The summed E-state index contributed by atoms with van der Waals surface area (Å²) in [5.41, 5.74) is 0.860. The summed E-state index contributed by atoms with van der Waals surface area (Å²) in [6.45, 7) is 9.39. The van der Waals surface area contributed by atoms with Crippen LogP contribution in [-0.2, 0) is 6.18 Å². The zero-order valence-electron chi connectivity index (χ0n) is 9.15. The molecule has 0 bridgehead atoms. The topological polar surface area (TPSA) is 0 Å². The first-order valence-electron chi connectivity index (χ1n) is 4.74. The summed E-state index contributed by atoms with van der Waals surface area (Å²) >= 11 is 0. The summed E-state index contributed by atoms with van der Waals surface area (Å²) in [5.74, 6) is 0. The molecule has 1 aromatic rings. The zero-order valence-corrected chi connectivity index (χ0v) is 9.15. The van der Waals surface area contributed by atoms with Gasteiger partial charge in [-0.05, 0) is 24.6 Å². The molecule has 0 saturated carbocycles. The second-order valence-corrected chi connectivity index (χ2v) is 2.86. The van der Waals surface area contributed by atoms with Crippen LogP contribution >= 0.6 is 0 Å². The summed E-state index contributed by atoms with van der Waals surface area (Å²) in [7, 11) is 0. The van der Waals surface area contributed by atoms with Gasteiger partial charge in [0.1, 0.15) is 0 Å². The highest BCUT2D eigenvalue weighted by Gasteiger charge is 2.29. The van der Waals surface area contributed by atoms with Crippen molar-refractivity contribution in [3.05, 3.63) is 42.0 Å². The van der Waals surface area contributed by atoms with Gasteiger partial charge in [0, 0.05) is 0 Å².